The number of hydrogen-bond acceptors (Lipinski definition) is 5. The van der Waals surface area contributed by atoms with Crippen molar-refractivity contribution in [1.82, 2.24) is 19.4 Å². The molecular weight excluding hydrogens is 366 g/mol. The molecule has 3 aromatic heterocycles. The molecule has 0 aliphatic carbocycles. The Morgan fingerprint density at radius 3 is 2.79 bits per heavy atom. The van der Waals surface area contributed by atoms with Crippen LogP contribution in [0.4, 0.5) is 0 Å². The van der Waals surface area contributed by atoms with Gasteiger partial charge in [-0.05, 0) is 49.2 Å². The molecule has 0 unspecified atom stereocenters. The predicted octanol–water partition coefficient (Wildman–Crippen LogP) is 4.56. The van der Waals surface area contributed by atoms with Gasteiger partial charge in [0.2, 0.25) is 0 Å². The zero-order chi connectivity index (χ0) is 19.1. The molecule has 5 rings (SSSR count). The first kappa shape index (κ1) is 17.5. The van der Waals surface area contributed by atoms with E-state index in [9.17, 15) is 0 Å². The van der Waals surface area contributed by atoms with Crippen molar-refractivity contribution < 1.29 is 0 Å². The van der Waals surface area contributed by atoms with E-state index < -0.39 is 0 Å². The van der Waals surface area contributed by atoms with Gasteiger partial charge in [-0.1, -0.05) is 30.8 Å². The monoisotopic (exact) mass is 389 g/mol. The van der Waals surface area contributed by atoms with Crippen LogP contribution in [0.15, 0.2) is 66.0 Å². The molecule has 0 radical (unpaired) electrons. The number of rotatable bonds is 4. The Morgan fingerprint density at radius 1 is 1.11 bits per heavy atom. The first-order valence-corrected chi connectivity index (χ1v) is 10.7. The molecule has 3 aromatic rings. The van der Waals surface area contributed by atoms with Gasteiger partial charge in [-0.3, -0.25) is 9.98 Å². The van der Waals surface area contributed by atoms with Gasteiger partial charge < -0.3 is 9.47 Å². The van der Waals surface area contributed by atoms with Gasteiger partial charge >= 0.3 is 0 Å². The van der Waals surface area contributed by atoms with Crippen LogP contribution in [0.5, 0.6) is 0 Å². The third-order valence-electron chi connectivity index (χ3n) is 5.56. The fraction of sp³-hybridized carbons (Fsp3) is 0.318. The smallest absolute Gasteiger partial charge is 0.160 e. The van der Waals surface area contributed by atoms with Crippen molar-refractivity contribution >= 4 is 16.9 Å². The van der Waals surface area contributed by atoms with Crippen molar-refractivity contribution in [3.63, 3.8) is 0 Å². The molecule has 0 saturated carbocycles. The largest absolute Gasteiger partial charge is 0.337 e. The fourth-order valence-corrected chi connectivity index (χ4v) is 5.45. The maximum absolute atomic E-state index is 5.11. The Labute approximate surface area is 169 Å². The first-order valence-electron chi connectivity index (χ1n) is 9.76. The van der Waals surface area contributed by atoms with E-state index in [2.05, 4.69) is 69.8 Å². The molecule has 1 saturated heterocycles. The van der Waals surface area contributed by atoms with Crippen molar-refractivity contribution in [2.24, 2.45) is 4.99 Å². The highest BCUT2D eigenvalue weighted by Gasteiger charge is 2.46. The lowest BCUT2D eigenvalue weighted by Crippen LogP contribution is -2.36. The molecule has 0 amide bonds. The molecule has 142 valence electrons. The van der Waals surface area contributed by atoms with Crippen LogP contribution in [0.1, 0.15) is 42.4 Å². The Balaban J connectivity index is 1.62. The van der Waals surface area contributed by atoms with Crippen molar-refractivity contribution in [3.05, 3.63) is 78.0 Å². The lowest BCUT2D eigenvalue weighted by atomic mass is 9.99. The van der Waals surface area contributed by atoms with Gasteiger partial charge in [0.25, 0.3) is 0 Å². The molecule has 5 nitrogen and oxygen atoms in total. The molecule has 5 heterocycles. The highest BCUT2D eigenvalue weighted by Crippen LogP contribution is 2.48. The quantitative estimate of drug-likeness (QED) is 0.656. The van der Waals surface area contributed by atoms with Crippen LogP contribution in [-0.4, -0.2) is 36.4 Å². The minimum Gasteiger partial charge on any atom is -0.337 e. The predicted molar refractivity (Wildman–Crippen MR) is 114 cm³/mol. The van der Waals surface area contributed by atoms with Crippen LogP contribution in [0.25, 0.3) is 5.82 Å². The summed E-state index contributed by atoms with van der Waals surface area (Å²) in [5.41, 5.74) is 3.40. The van der Waals surface area contributed by atoms with Crippen LogP contribution in [0.3, 0.4) is 0 Å². The number of aryl methyl sites for hydroxylation is 1. The Hall–Kier alpha value is -2.60. The number of hydrogen-bond donors (Lipinski definition) is 0. The summed E-state index contributed by atoms with van der Waals surface area (Å²) in [5, 5.41) is 1.15. The lowest BCUT2D eigenvalue weighted by molar-refractivity contribution is 0.248. The Kier molecular flexibility index (Phi) is 4.43. The first-order chi connectivity index (χ1) is 13.8. The van der Waals surface area contributed by atoms with Gasteiger partial charge in [0, 0.05) is 36.1 Å². The van der Waals surface area contributed by atoms with Crippen molar-refractivity contribution in [3.8, 4) is 5.82 Å². The van der Waals surface area contributed by atoms with E-state index >= 15 is 0 Å². The summed E-state index contributed by atoms with van der Waals surface area (Å²) in [6.45, 7) is 4.33. The molecule has 2 aliphatic heterocycles. The van der Waals surface area contributed by atoms with Crippen LogP contribution in [-0.2, 0) is 0 Å². The fourth-order valence-electron chi connectivity index (χ4n) is 4.12. The molecule has 0 bridgehead atoms. The number of fused-ring (bicyclic) bond motifs is 1. The van der Waals surface area contributed by atoms with Gasteiger partial charge in [-0.15, -0.1) is 0 Å². The number of nitrogens with zero attached hydrogens (tertiary/aromatic N) is 5. The highest BCUT2D eigenvalue weighted by atomic mass is 32.2. The van der Waals surface area contributed by atoms with E-state index in [-0.39, 0.29) is 12.1 Å². The molecular formula is C22H23N5S. The second-order valence-corrected chi connectivity index (χ2v) is 8.32. The summed E-state index contributed by atoms with van der Waals surface area (Å²) in [4.78, 5) is 16.9. The SMILES string of the molecule is CC[C@@H]1CSC2=N[C@@H](c3ccccn3)[C@@H](c3cccn3-c3ccc(C)cn3)N21. The summed E-state index contributed by atoms with van der Waals surface area (Å²) in [6.07, 6.45) is 7.00. The van der Waals surface area contributed by atoms with E-state index in [4.69, 9.17) is 4.99 Å². The zero-order valence-electron chi connectivity index (χ0n) is 16.1. The summed E-state index contributed by atoms with van der Waals surface area (Å²) in [7, 11) is 0. The molecule has 6 heteroatoms. The number of thioether (sulfide) groups is 1. The second-order valence-electron chi connectivity index (χ2n) is 7.33. The van der Waals surface area contributed by atoms with Gasteiger partial charge in [-0.25, -0.2) is 4.98 Å². The van der Waals surface area contributed by atoms with Gasteiger partial charge in [-0.2, -0.15) is 0 Å². The topological polar surface area (TPSA) is 46.3 Å². The zero-order valence-corrected chi connectivity index (χ0v) is 16.9. The maximum Gasteiger partial charge on any atom is 0.160 e. The van der Waals surface area contributed by atoms with Crippen LogP contribution in [0, 0.1) is 6.92 Å². The molecule has 2 aliphatic rings. The van der Waals surface area contributed by atoms with E-state index in [1.807, 2.05) is 36.3 Å². The average molecular weight is 390 g/mol. The minimum absolute atomic E-state index is 0.00264. The summed E-state index contributed by atoms with van der Waals surface area (Å²) in [6, 6.07) is 15.2. The lowest BCUT2D eigenvalue weighted by Gasteiger charge is -2.32. The molecule has 0 spiro atoms. The summed E-state index contributed by atoms with van der Waals surface area (Å²) < 4.78 is 2.20. The number of aromatic nitrogens is 3. The number of pyridine rings is 2. The standard InChI is InChI=1S/C22H23N5S/c1-3-16-14-28-22-25-20(17-7-4-5-11-23-17)21(27(16)22)18-8-6-12-26(18)19-10-9-15(2)13-24-19/h4-13,16,20-21H,3,14H2,1-2H3/t16-,20+,21-/m1/s1. The normalized spacial score (nSPS) is 23.7. The average Bonchev–Trinajstić information content (AvgIpc) is 3.44. The minimum atomic E-state index is -0.00264. The van der Waals surface area contributed by atoms with Crippen molar-refractivity contribution in [1.29, 1.82) is 0 Å². The Bertz CT molecular complexity index is 995. The van der Waals surface area contributed by atoms with E-state index in [1.54, 1.807) is 0 Å². The third kappa shape index (κ3) is 2.83. The van der Waals surface area contributed by atoms with Gasteiger partial charge in [0.15, 0.2) is 5.17 Å². The maximum atomic E-state index is 5.11. The summed E-state index contributed by atoms with van der Waals surface area (Å²) >= 11 is 1.87. The number of aliphatic imine (C=N–C) groups is 1. The summed E-state index contributed by atoms with van der Waals surface area (Å²) in [5.74, 6) is 2.04. The van der Waals surface area contributed by atoms with Crippen LogP contribution in [0.2, 0.25) is 0 Å². The van der Waals surface area contributed by atoms with E-state index in [1.165, 1.54) is 5.69 Å². The van der Waals surface area contributed by atoms with Crippen LogP contribution >= 0.6 is 11.8 Å². The van der Waals surface area contributed by atoms with Gasteiger partial charge in [0.05, 0.1) is 5.69 Å². The highest BCUT2D eigenvalue weighted by molar-refractivity contribution is 8.14. The van der Waals surface area contributed by atoms with Crippen LogP contribution < -0.4 is 0 Å². The molecule has 28 heavy (non-hydrogen) atoms. The molecule has 1 fully saturated rings. The van der Waals surface area contributed by atoms with Gasteiger partial charge in [0.1, 0.15) is 17.9 Å². The third-order valence-corrected chi connectivity index (χ3v) is 6.68. The molecule has 3 atom stereocenters. The van der Waals surface area contributed by atoms with E-state index in [0.717, 1.165) is 34.4 Å². The Morgan fingerprint density at radius 2 is 2.04 bits per heavy atom. The molecule has 0 N–H and O–H groups in total. The van der Waals surface area contributed by atoms with Crippen molar-refractivity contribution in [2.45, 2.75) is 38.4 Å². The number of amidine groups is 1. The molecule has 0 aromatic carbocycles. The van der Waals surface area contributed by atoms with E-state index in [0.29, 0.717) is 6.04 Å². The van der Waals surface area contributed by atoms with Crippen molar-refractivity contribution in [2.75, 3.05) is 5.75 Å². The second kappa shape index (κ2) is 7.09.